The van der Waals surface area contributed by atoms with E-state index in [0.717, 1.165) is 33.3 Å². The molecule has 0 fully saturated rings. The highest BCUT2D eigenvalue weighted by Crippen LogP contribution is 2.48. The Bertz CT molecular complexity index is 1520. The Balaban J connectivity index is 1.89. The summed E-state index contributed by atoms with van der Waals surface area (Å²) in [6, 6.07) is 34.4. The number of nitrogens with zero attached hydrogens (tertiary/aromatic N) is 1. The standard InChI is InChI=1S/C33H32N2O2/c1-23-15-18-27(19-16-23)34-31(25-11-7-5-8-12-25)33(32(36)37-4,26-13-9-6-10-14-26)29-22-35(3)30-21-24(2)17-20-28(29)30/h5-22,31,34H,1-4H3/t31-,33+/m0/s1. The highest BCUT2D eigenvalue weighted by molar-refractivity contribution is 5.97. The molecule has 4 nitrogen and oxygen atoms in total. The number of aromatic nitrogens is 1. The van der Waals surface area contributed by atoms with Crippen LogP contribution in [-0.2, 0) is 22.0 Å². The van der Waals surface area contributed by atoms with Gasteiger partial charge < -0.3 is 14.6 Å². The molecule has 0 saturated heterocycles. The van der Waals surface area contributed by atoms with Crippen LogP contribution < -0.4 is 5.32 Å². The Labute approximate surface area is 218 Å². The van der Waals surface area contributed by atoms with E-state index in [1.54, 1.807) is 0 Å². The number of fused-ring (bicyclic) bond motifs is 1. The molecule has 0 aliphatic rings. The van der Waals surface area contributed by atoms with E-state index < -0.39 is 11.5 Å². The summed E-state index contributed by atoms with van der Waals surface area (Å²) in [7, 11) is 3.51. The van der Waals surface area contributed by atoms with Gasteiger partial charge in [-0.15, -0.1) is 0 Å². The first kappa shape index (κ1) is 24.4. The first-order valence-corrected chi connectivity index (χ1v) is 12.5. The molecule has 2 atom stereocenters. The van der Waals surface area contributed by atoms with E-state index in [-0.39, 0.29) is 5.97 Å². The summed E-state index contributed by atoms with van der Waals surface area (Å²) in [5.41, 5.74) is 5.91. The molecule has 0 spiro atoms. The van der Waals surface area contributed by atoms with Crippen LogP contribution in [0.1, 0.15) is 33.9 Å². The Kier molecular flexibility index (Phi) is 6.58. The van der Waals surface area contributed by atoms with Gasteiger partial charge in [0.1, 0.15) is 5.41 Å². The zero-order valence-electron chi connectivity index (χ0n) is 21.7. The predicted molar refractivity (Wildman–Crippen MR) is 151 cm³/mol. The number of methoxy groups -OCH3 is 1. The highest BCUT2D eigenvalue weighted by Gasteiger charge is 2.52. The SMILES string of the molecule is COC(=O)[C@](c1ccccc1)(c1cn(C)c2cc(C)ccc12)[C@@H](Nc1ccc(C)cc1)c1ccccc1. The molecular formula is C33H32N2O2. The van der Waals surface area contributed by atoms with Crippen molar-refractivity contribution in [3.8, 4) is 0 Å². The van der Waals surface area contributed by atoms with Crippen molar-refractivity contribution >= 4 is 22.6 Å². The third-order valence-corrected chi connectivity index (χ3v) is 7.24. The molecule has 1 aromatic heterocycles. The van der Waals surface area contributed by atoms with Gasteiger partial charge in [-0.3, -0.25) is 4.79 Å². The third-order valence-electron chi connectivity index (χ3n) is 7.24. The number of carbonyl (C=O) groups is 1. The molecule has 0 unspecified atom stereocenters. The second-order valence-electron chi connectivity index (χ2n) is 9.69. The minimum Gasteiger partial charge on any atom is -0.468 e. The van der Waals surface area contributed by atoms with Crippen molar-refractivity contribution in [2.24, 2.45) is 7.05 Å². The molecular weight excluding hydrogens is 456 g/mol. The van der Waals surface area contributed by atoms with Crippen LogP contribution in [-0.4, -0.2) is 17.6 Å². The third kappa shape index (κ3) is 4.29. The lowest BCUT2D eigenvalue weighted by atomic mass is 9.66. The van der Waals surface area contributed by atoms with Crippen LogP contribution in [0.4, 0.5) is 5.69 Å². The molecule has 0 saturated carbocycles. The number of rotatable bonds is 7. The molecule has 1 N–H and O–H groups in total. The minimum absolute atomic E-state index is 0.319. The summed E-state index contributed by atoms with van der Waals surface area (Å²) in [5, 5.41) is 4.77. The van der Waals surface area contributed by atoms with Crippen molar-refractivity contribution in [1.29, 1.82) is 0 Å². The van der Waals surface area contributed by atoms with E-state index >= 15 is 0 Å². The van der Waals surface area contributed by atoms with Crippen LogP contribution in [0.2, 0.25) is 0 Å². The van der Waals surface area contributed by atoms with Crippen molar-refractivity contribution in [1.82, 2.24) is 4.57 Å². The summed E-state index contributed by atoms with van der Waals surface area (Å²) in [6.07, 6.45) is 2.08. The normalized spacial score (nSPS) is 13.6. The lowest BCUT2D eigenvalue weighted by Crippen LogP contribution is -2.46. The maximum absolute atomic E-state index is 14.3. The maximum atomic E-state index is 14.3. The summed E-state index contributed by atoms with van der Waals surface area (Å²) in [4.78, 5) is 14.3. The second kappa shape index (κ2) is 9.98. The smallest absolute Gasteiger partial charge is 0.323 e. The van der Waals surface area contributed by atoms with Gasteiger partial charge in [0.05, 0.1) is 13.2 Å². The summed E-state index contributed by atoms with van der Waals surface area (Å²) in [6.45, 7) is 4.15. The van der Waals surface area contributed by atoms with Gasteiger partial charge in [0.25, 0.3) is 0 Å². The molecule has 1 heterocycles. The van der Waals surface area contributed by atoms with Gasteiger partial charge in [-0.25, -0.2) is 0 Å². The number of aryl methyl sites for hydroxylation is 3. The second-order valence-corrected chi connectivity index (χ2v) is 9.69. The van der Waals surface area contributed by atoms with Crippen LogP contribution >= 0.6 is 0 Å². The van der Waals surface area contributed by atoms with Crippen LogP contribution in [0, 0.1) is 13.8 Å². The fraction of sp³-hybridized carbons (Fsp3) is 0.182. The van der Waals surface area contributed by atoms with Gasteiger partial charge in [0, 0.05) is 35.4 Å². The Morgan fingerprint density at radius 1 is 0.838 bits per heavy atom. The van der Waals surface area contributed by atoms with Crippen LogP contribution in [0.3, 0.4) is 0 Å². The first-order valence-electron chi connectivity index (χ1n) is 12.5. The Morgan fingerprint density at radius 3 is 2.11 bits per heavy atom. The quantitative estimate of drug-likeness (QED) is 0.248. The maximum Gasteiger partial charge on any atom is 0.323 e. The van der Waals surface area contributed by atoms with Gasteiger partial charge in [-0.1, -0.05) is 90.5 Å². The number of esters is 1. The number of carbonyl (C=O) groups excluding carboxylic acids is 1. The number of nitrogens with one attached hydrogen (secondary N) is 1. The summed E-state index contributed by atoms with van der Waals surface area (Å²) >= 11 is 0. The monoisotopic (exact) mass is 488 g/mol. The largest absolute Gasteiger partial charge is 0.468 e. The first-order chi connectivity index (χ1) is 17.9. The van der Waals surface area contributed by atoms with E-state index in [2.05, 4.69) is 84.5 Å². The van der Waals surface area contributed by atoms with Crippen LogP contribution in [0.15, 0.2) is 109 Å². The fourth-order valence-electron chi connectivity index (χ4n) is 5.40. The molecule has 0 aliphatic heterocycles. The molecule has 4 heteroatoms. The Morgan fingerprint density at radius 2 is 1.46 bits per heavy atom. The highest BCUT2D eigenvalue weighted by atomic mass is 16.5. The number of hydrogen-bond acceptors (Lipinski definition) is 3. The molecule has 5 aromatic rings. The zero-order chi connectivity index (χ0) is 26.0. The molecule has 0 bridgehead atoms. The number of hydrogen-bond donors (Lipinski definition) is 1. The topological polar surface area (TPSA) is 43.3 Å². The number of ether oxygens (including phenoxy) is 1. The van der Waals surface area contributed by atoms with Gasteiger partial charge >= 0.3 is 5.97 Å². The molecule has 0 aliphatic carbocycles. The summed E-state index contributed by atoms with van der Waals surface area (Å²) < 4.78 is 7.78. The van der Waals surface area contributed by atoms with Crippen molar-refractivity contribution in [2.75, 3.05) is 12.4 Å². The van der Waals surface area contributed by atoms with Gasteiger partial charge in [0.2, 0.25) is 0 Å². The van der Waals surface area contributed by atoms with Gasteiger partial charge in [-0.05, 0) is 48.7 Å². The molecule has 0 amide bonds. The van der Waals surface area contributed by atoms with Crippen molar-refractivity contribution in [3.05, 3.63) is 137 Å². The van der Waals surface area contributed by atoms with E-state index in [0.29, 0.717) is 0 Å². The number of benzene rings is 4. The summed E-state index contributed by atoms with van der Waals surface area (Å²) in [5.74, 6) is -0.319. The van der Waals surface area contributed by atoms with E-state index in [1.165, 1.54) is 18.2 Å². The fourth-order valence-corrected chi connectivity index (χ4v) is 5.40. The van der Waals surface area contributed by atoms with E-state index in [9.17, 15) is 4.79 Å². The van der Waals surface area contributed by atoms with Crippen molar-refractivity contribution < 1.29 is 9.53 Å². The lowest BCUT2D eigenvalue weighted by molar-refractivity contribution is -0.146. The number of anilines is 1. The van der Waals surface area contributed by atoms with Gasteiger partial charge in [0.15, 0.2) is 0 Å². The predicted octanol–water partition coefficient (Wildman–Crippen LogP) is 7.11. The average molecular weight is 489 g/mol. The van der Waals surface area contributed by atoms with E-state index in [1.807, 2.05) is 55.6 Å². The van der Waals surface area contributed by atoms with Gasteiger partial charge in [-0.2, -0.15) is 0 Å². The minimum atomic E-state index is -1.18. The van der Waals surface area contributed by atoms with Crippen LogP contribution in [0.5, 0.6) is 0 Å². The molecule has 5 rings (SSSR count). The average Bonchev–Trinajstić information content (AvgIpc) is 3.26. The Hall–Kier alpha value is -4.31. The van der Waals surface area contributed by atoms with E-state index in [4.69, 9.17) is 4.74 Å². The molecule has 186 valence electrons. The van der Waals surface area contributed by atoms with Crippen molar-refractivity contribution in [2.45, 2.75) is 25.3 Å². The van der Waals surface area contributed by atoms with Crippen LogP contribution in [0.25, 0.3) is 10.9 Å². The zero-order valence-corrected chi connectivity index (χ0v) is 21.7. The molecule has 37 heavy (non-hydrogen) atoms. The molecule has 0 radical (unpaired) electrons. The van der Waals surface area contributed by atoms with Crippen molar-refractivity contribution in [3.63, 3.8) is 0 Å². The lowest BCUT2D eigenvalue weighted by Gasteiger charge is -2.40. The molecule has 4 aromatic carbocycles.